The molecule has 1 aliphatic heterocycles. The highest BCUT2D eigenvalue weighted by molar-refractivity contribution is 7.92. The van der Waals surface area contributed by atoms with Crippen LogP contribution in [-0.4, -0.2) is 43.6 Å². The number of piperidine rings is 1. The molecular weight excluding hydrogens is 386 g/mol. The van der Waals surface area contributed by atoms with E-state index in [4.69, 9.17) is 0 Å². The minimum Gasteiger partial charge on any atom is -0.351 e. The number of aromatic nitrogens is 1. The Kier molecular flexibility index (Phi) is 5.32. The first-order chi connectivity index (χ1) is 13.9. The molecule has 1 aromatic heterocycles. The van der Waals surface area contributed by atoms with Crippen molar-refractivity contribution < 1.29 is 13.2 Å². The van der Waals surface area contributed by atoms with Crippen LogP contribution in [0.2, 0.25) is 0 Å². The van der Waals surface area contributed by atoms with Gasteiger partial charge in [0.2, 0.25) is 10.0 Å². The van der Waals surface area contributed by atoms with Gasteiger partial charge in [0.1, 0.15) is 5.69 Å². The molecule has 6 nitrogen and oxygen atoms in total. The summed E-state index contributed by atoms with van der Waals surface area (Å²) in [6.07, 6.45) is 4.18. The zero-order valence-electron chi connectivity index (χ0n) is 16.4. The predicted octanol–water partition coefficient (Wildman–Crippen LogP) is 3.63. The summed E-state index contributed by atoms with van der Waals surface area (Å²) in [6, 6.07) is 17.5. The summed E-state index contributed by atoms with van der Waals surface area (Å²) in [5.41, 5.74) is 3.19. The van der Waals surface area contributed by atoms with Gasteiger partial charge >= 0.3 is 0 Å². The average molecular weight is 412 g/mol. The van der Waals surface area contributed by atoms with Crippen molar-refractivity contribution in [2.75, 3.05) is 24.1 Å². The number of H-pyrrole nitrogens is 1. The molecule has 2 heterocycles. The van der Waals surface area contributed by atoms with Crippen LogP contribution in [0.3, 0.4) is 0 Å². The summed E-state index contributed by atoms with van der Waals surface area (Å²) in [6.45, 7) is 1.51. The number of aromatic amines is 1. The Morgan fingerprint density at radius 3 is 2.52 bits per heavy atom. The van der Waals surface area contributed by atoms with Crippen LogP contribution in [0.4, 0.5) is 5.69 Å². The maximum atomic E-state index is 12.9. The van der Waals surface area contributed by atoms with Gasteiger partial charge in [0.15, 0.2) is 0 Å². The molecule has 2 N–H and O–H groups in total. The summed E-state index contributed by atoms with van der Waals surface area (Å²) in [5.74, 6) is 0.603. The normalized spacial score (nSPS) is 15.6. The number of sulfonamides is 1. The van der Waals surface area contributed by atoms with Gasteiger partial charge in [-0.3, -0.25) is 9.52 Å². The van der Waals surface area contributed by atoms with E-state index < -0.39 is 10.0 Å². The van der Waals surface area contributed by atoms with Crippen LogP contribution in [0.1, 0.15) is 28.9 Å². The molecule has 0 bridgehead atoms. The van der Waals surface area contributed by atoms with Crippen LogP contribution in [0.5, 0.6) is 0 Å². The van der Waals surface area contributed by atoms with Crippen molar-refractivity contribution >= 4 is 32.5 Å². The standard InChI is InChI=1S/C22H25N3O3S/c1-29(27,28)24-19-7-8-20-18(14-19)15-21(23-20)22(26)25-11-9-17(10-12-25)13-16-5-3-2-4-6-16/h2-8,14-15,17,23-24H,9-13H2,1H3. The van der Waals surface area contributed by atoms with Crippen molar-refractivity contribution in [3.8, 4) is 0 Å². The van der Waals surface area contributed by atoms with Gasteiger partial charge in [0.05, 0.1) is 6.26 Å². The smallest absolute Gasteiger partial charge is 0.270 e. The van der Waals surface area contributed by atoms with Crippen LogP contribution in [0.25, 0.3) is 10.9 Å². The molecule has 4 rings (SSSR count). The fraction of sp³-hybridized carbons (Fsp3) is 0.318. The van der Waals surface area contributed by atoms with E-state index >= 15 is 0 Å². The Hall–Kier alpha value is -2.80. The molecule has 152 valence electrons. The maximum Gasteiger partial charge on any atom is 0.270 e. The Balaban J connectivity index is 1.41. The second kappa shape index (κ2) is 7.91. The zero-order valence-corrected chi connectivity index (χ0v) is 17.2. The van der Waals surface area contributed by atoms with Crippen molar-refractivity contribution in [1.82, 2.24) is 9.88 Å². The molecule has 1 saturated heterocycles. The Bertz CT molecular complexity index is 1110. The topological polar surface area (TPSA) is 82.3 Å². The molecule has 1 amide bonds. The van der Waals surface area contributed by atoms with E-state index in [-0.39, 0.29) is 5.91 Å². The van der Waals surface area contributed by atoms with Crippen molar-refractivity contribution in [3.63, 3.8) is 0 Å². The molecule has 29 heavy (non-hydrogen) atoms. The molecular formula is C22H25N3O3S. The Morgan fingerprint density at radius 1 is 1.10 bits per heavy atom. The number of benzene rings is 2. The fourth-order valence-electron chi connectivity index (χ4n) is 3.98. The molecule has 0 aliphatic carbocycles. The van der Waals surface area contributed by atoms with Gasteiger partial charge in [-0.1, -0.05) is 30.3 Å². The quantitative estimate of drug-likeness (QED) is 0.673. The maximum absolute atomic E-state index is 12.9. The third kappa shape index (κ3) is 4.79. The predicted molar refractivity (Wildman–Crippen MR) is 116 cm³/mol. The van der Waals surface area contributed by atoms with Crippen LogP contribution in [-0.2, 0) is 16.4 Å². The van der Waals surface area contributed by atoms with E-state index in [0.717, 1.165) is 49.5 Å². The third-order valence-electron chi connectivity index (χ3n) is 5.42. The minimum absolute atomic E-state index is 0.00279. The first-order valence-corrected chi connectivity index (χ1v) is 11.7. The number of nitrogens with zero attached hydrogens (tertiary/aromatic N) is 1. The van der Waals surface area contributed by atoms with E-state index in [0.29, 0.717) is 17.3 Å². The molecule has 0 radical (unpaired) electrons. The van der Waals surface area contributed by atoms with Crippen molar-refractivity contribution in [3.05, 3.63) is 65.9 Å². The molecule has 0 spiro atoms. The number of rotatable bonds is 5. The van der Waals surface area contributed by atoms with E-state index in [1.807, 2.05) is 11.0 Å². The van der Waals surface area contributed by atoms with Gasteiger partial charge in [-0.25, -0.2) is 8.42 Å². The monoisotopic (exact) mass is 411 g/mol. The molecule has 7 heteroatoms. The highest BCUT2D eigenvalue weighted by Gasteiger charge is 2.24. The molecule has 0 unspecified atom stereocenters. The highest BCUT2D eigenvalue weighted by Crippen LogP contribution is 2.25. The van der Waals surface area contributed by atoms with Crippen LogP contribution < -0.4 is 4.72 Å². The second-order valence-corrected chi connectivity index (χ2v) is 9.53. The van der Waals surface area contributed by atoms with E-state index in [1.54, 1.807) is 24.3 Å². The average Bonchev–Trinajstić information content (AvgIpc) is 3.11. The summed E-state index contributed by atoms with van der Waals surface area (Å²) in [7, 11) is -3.34. The van der Waals surface area contributed by atoms with Gasteiger partial charge in [0, 0.05) is 29.7 Å². The lowest BCUT2D eigenvalue weighted by molar-refractivity contribution is 0.0685. The summed E-state index contributed by atoms with van der Waals surface area (Å²) < 4.78 is 25.3. The van der Waals surface area contributed by atoms with Gasteiger partial charge in [-0.05, 0) is 55.0 Å². The molecule has 0 saturated carbocycles. The first-order valence-electron chi connectivity index (χ1n) is 9.81. The highest BCUT2D eigenvalue weighted by atomic mass is 32.2. The largest absolute Gasteiger partial charge is 0.351 e. The molecule has 2 aromatic carbocycles. The number of carbonyl (C=O) groups is 1. The van der Waals surface area contributed by atoms with E-state index in [9.17, 15) is 13.2 Å². The molecule has 3 aromatic rings. The van der Waals surface area contributed by atoms with Crippen LogP contribution in [0.15, 0.2) is 54.6 Å². The second-order valence-electron chi connectivity index (χ2n) is 7.78. The Morgan fingerprint density at radius 2 is 1.83 bits per heavy atom. The Labute approximate surface area is 171 Å². The van der Waals surface area contributed by atoms with E-state index in [1.165, 1.54) is 5.56 Å². The number of fused-ring (bicyclic) bond motifs is 1. The molecule has 1 aliphatic rings. The lowest BCUT2D eigenvalue weighted by Gasteiger charge is -2.31. The van der Waals surface area contributed by atoms with Crippen molar-refractivity contribution in [1.29, 1.82) is 0 Å². The van der Waals surface area contributed by atoms with Crippen molar-refractivity contribution in [2.24, 2.45) is 5.92 Å². The summed E-state index contributed by atoms with van der Waals surface area (Å²) in [5, 5.41) is 0.806. The van der Waals surface area contributed by atoms with Crippen LogP contribution >= 0.6 is 0 Å². The SMILES string of the molecule is CS(=O)(=O)Nc1ccc2[nH]c(C(=O)N3CCC(Cc4ccccc4)CC3)cc2c1. The number of hydrogen-bond acceptors (Lipinski definition) is 3. The lowest BCUT2D eigenvalue weighted by Crippen LogP contribution is -2.39. The third-order valence-corrected chi connectivity index (χ3v) is 6.03. The van der Waals surface area contributed by atoms with E-state index in [2.05, 4.69) is 34.0 Å². The number of likely N-dealkylation sites (tertiary alicyclic amines) is 1. The van der Waals surface area contributed by atoms with Crippen LogP contribution in [0, 0.1) is 5.92 Å². The van der Waals surface area contributed by atoms with Gasteiger partial charge in [-0.15, -0.1) is 0 Å². The van der Waals surface area contributed by atoms with Gasteiger partial charge in [-0.2, -0.15) is 0 Å². The number of carbonyl (C=O) groups excluding carboxylic acids is 1. The van der Waals surface area contributed by atoms with Gasteiger partial charge in [0.25, 0.3) is 5.91 Å². The number of hydrogen-bond donors (Lipinski definition) is 2. The first kappa shape index (κ1) is 19.5. The summed E-state index contributed by atoms with van der Waals surface area (Å²) in [4.78, 5) is 18.0. The number of anilines is 1. The fourth-order valence-corrected chi connectivity index (χ4v) is 4.54. The molecule has 0 atom stereocenters. The lowest BCUT2D eigenvalue weighted by atomic mass is 9.90. The summed E-state index contributed by atoms with van der Waals surface area (Å²) >= 11 is 0. The van der Waals surface area contributed by atoms with Crippen molar-refractivity contribution in [2.45, 2.75) is 19.3 Å². The zero-order chi connectivity index (χ0) is 20.4. The number of nitrogens with one attached hydrogen (secondary N) is 2. The molecule has 1 fully saturated rings. The van der Waals surface area contributed by atoms with Gasteiger partial charge < -0.3 is 9.88 Å². The minimum atomic E-state index is -3.34. The number of amides is 1.